The van der Waals surface area contributed by atoms with Gasteiger partial charge in [0.15, 0.2) is 0 Å². The first-order valence-corrected chi connectivity index (χ1v) is 5.97. The highest BCUT2D eigenvalue weighted by atomic mass is 35.5. The van der Waals surface area contributed by atoms with Gasteiger partial charge in [0.1, 0.15) is 6.10 Å². The van der Waals surface area contributed by atoms with Crippen LogP contribution in [0, 0.1) is 0 Å². The molecule has 2 nitrogen and oxygen atoms in total. The molecular weight excluding hydrogens is 200 g/mol. The second-order valence-corrected chi connectivity index (χ2v) is 3.94. The normalized spacial score (nSPS) is 12.5. The number of hydrogen-bond acceptors (Lipinski definition) is 2. The highest BCUT2D eigenvalue weighted by Crippen LogP contribution is 2.13. The zero-order valence-electron chi connectivity index (χ0n) is 9.22. The van der Waals surface area contributed by atoms with Crippen molar-refractivity contribution in [2.75, 3.05) is 5.88 Å². The van der Waals surface area contributed by atoms with Crippen LogP contribution in [0.5, 0.6) is 0 Å². The van der Waals surface area contributed by atoms with Crippen LogP contribution >= 0.6 is 11.6 Å². The van der Waals surface area contributed by atoms with E-state index in [4.69, 9.17) is 16.3 Å². The number of alkyl halides is 1. The van der Waals surface area contributed by atoms with E-state index in [2.05, 4.69) is 6.92 Å². The molecule has 0 amide bonds. The molecule has 0 spiro atoms. The fourth-order valence-electron chi connectivity index (χ4n) is 1.40. The maximum Gasteiger partial charge on any atom is 0.302 e. The van der Waals surface area contributed by atoms with E-state index >= 15 is 0 Å². The molecule has 0 saturated carbocycles. The van der Waals surface area contributed by atoms with Crippen LogP contribution in [-0.2, 0) is 9.53 Å². The number of carbonyl (C=O) groups excluding carboxylic acids is 1. The van der Waals surface area contributed by atoms with E-state index in [1.54, 1.807) is 0 Å². The van der Waals surface area contributed by atoms with Crippen LogP contribution in [0.25, 0.3) is 0 Å². The fraction of sp³-hybridized carbons (Fsp3) is 0.909. The van der Waals surface area contributed by atoms with Crippen molar-refractivity contribution < 1.29 is 9.53 Å². The van der Waals surface area contributed by atoms with Gasteiger partial charge in [0.25, 0.3) is 0 Å². The van der Waals surface area contributed by atoms with E-state index in [9.17, 15) is 4.79 Å². The maximum absolute atomic E-state index is 10.8. The molecule has 14 heavy (non-hydrogen) atoms. The van der Waals surface area contributed by atoms with Gasteiger partial charge in [0, 0.05) is 12.8 Å². The molecule has 0 aliphatic heterocycles. The summed E-state index contributed by atoms with van der Waals surface area (Å²) >= 11 is 5.59. The summed E-state index contributed by atoms with van der Waals surface area (Å²) in [6, 6.07) is 0. The Morgan fingerprint density at radius 1 is 1.29 bits per heavy atom. The first-order valence-electron chi connectivity index (χ1n) is 5.43. The molecule has 0 aromatic heterocycles. The summed E-state index contributed by atoms with van der Waals surface area (Å²) in [5.41, 5.74) is 0. The van der Waals surface area contributed by atoms with Crippen molar-refractivity contribution in [3.63, 3.8) is 0 Å². The summed E-state index contributed by atoms with van der Waals surface area (Å²) in [6.45, 7) is 3.62. The first-order chi connectivity index (χ1) is 6.70. The minimum absolute atomic E-state index is 0.107. The predicted octanol–water partition coefficient (Wildman–Crippen LogP) is 3.52. The predicted molar refractivity (Wildman–Crippen MR) is 59.7 cm³/mol. The minimum Gasteiger partial charge on any atom is -0.463 e. The first kappa shape index (κ1) is 13.8. The third-order valence-corrected chi connectivity index (χ3v) is 2.39. The van der Waals surface area contributed by atoms with Crippen molar-refractivity contribution in [1.82, 2.24) is 0 Å². The van der Waals surface area contributed by atoms with E-state index in [0.29, 0.717) is 5.88 Å². The van der Waals surface area contributed by atoms with E-state index in [-0.39, 0.29) is 12.1 Å². The SMILES string of the molecule is CCCC[C@@H](CCCCCl)OC(C)=O. The van der Waals surface area contributed by atoms with Gasteiger partial charge in [0.2, 0.25) is 0 Å². The molecule has 0 bridgehead atoms. The number of esters is 1. The van der Waals surface area contributed by atoms with E-state index < -0.39 is 0 Å². The number of ether oxygens (including phenoxy) is 1. The number of carbonyl (C=O) groups is 1. The van der Waals surface area contributed by atoms with Gasteiger partial charge >= 0.3 is 5.97 Å². The van der Waals surface area contributed by atoms with Gasteiger partial charge in [-0.1, -0.05) is 19.8 Å². The topological polar surface area (TPSA) is 26.3 Å². The van der Waals surface area contributed by atoms with Crippen LogP contribution in [0.2, 0.25) is 0 Å². The quantitative estimate of drug-likeness (QED) is 0.356. The summed E-state index contributed by atoms with van der Waals surface area (Å²) in [5.74, 6) is 0.526. The molecule has 0 rings (SSSR count). The molecule has 0 aliphatic rings. The third-order valence-electron chi connectivity index (χ3n) is 2.12. The molecule has 0 saturated heterocycles. The van der Waals surface area contributed by atoms with Crippen molar-refractivity contribution in [3.05, 3.63) is 0 Å². The Morgan fingerprint density at radius 2 is 1.93 bits per heavy atom. The summed E-state index contributed by atoms with van der Waals surface area (Å²) in [6.07, 6.45) is 6.36. The Kier molecular flexibility index (Phi) is 9.16. The molecule has 0 N–H and O–H groups in total. The average molecular weight is 221 g/mol. The molecule has 0 unspecified atom stereocenters. The third kappa shape index (κ3) is 8.36. The lowest BCUT2D eigenvalue weighted by atomic mass is 10.1. The molecule has 3 heteroatoms. The van der Waals surface area contributed by atoms with Crippen LogP contribution in [0.1, 0.15) is 52.4 Å². The van der Waals surface area contributed by atoms with Crippen LogP contribution in [0.4, 0.5) is 0 Å². The number of rotatable bonds is 8. The lowest BCUT2D eigenvalue weighted by Gasteiger charge is -2.16. The zero-order valence-corrected chi connectivity index (χ0v) is 9.98. The second-order valence-electron chi connectivity index (χ2n) is 3.56. The van der Waals surface area contributed by atoms with Crippen molar-refractivity contribution in [2.24, 2.45) is 0 Å². The largest absolute Gasteiger partial charge is 0.463 e. The fourth-order valence-corrected chi connectivity index (χ4v) is 1.58. The van der Waals surface area contributed by atoms with Gasteiger partial charge in [-0.2, -0.15) is 0 Å². The Morgan fingerprint density at radius 3 is 2.43 bits per heavy atom. The standard InChI is InChI=1S/C11H21ClO2/c1-3-4-7-11(14-10(2)13)8-5-6-9-12/h11H,3-9H2,1-2H3/t11-/m0/s1. The maximum atomic E-state index is 10.8. The van der Waals surface area contributed by atoms with Crippen LogP contribution in [0.3, 0.4) is 0 Å². The summed E-state index contributed by atoms with van der Waals surface area (Å²) in [5, 5.41) is 0. The molecule has 0 radical (unpaired) electrons. The van der Waals surface area contributed by atoms with Crippen LogP contribution in [-0.4, -0.2) is 18.0 Å². The summed E-state index contributed by atoms with van der Waals surface area (Å²) in [4.78, 5) is 10.8. The molecule has 0 aliphatic carbocycles. The smallest absolute Gasteiger partial charge is 0.302 e. The molecule has 0 fully saturated rings. The molecule has 0 heterocycles. The Bertz CT molecular complexity index is 148. The monoisotopic (exact) mass is 220 g/mol. The summed E-state index contributed by atoms with van der Waals surface area (Å²) in [7, 11) is 0. The number of hydrogen-bond donors (Lipinski definition) is 0. The lowest BCUT2D eigenvalue weighted by molar-refractivity contribution is -0.147. The van der Waals surface area contributed by atoms with Crippen molar-refractivity contribution in [3.8, 4) is 0 Å². The molecular formula is C11H21ClO2. The Labute approximate surface area is 92.0 Å². The van der Waals surface area contributed by atoms with Crippen LogP contribution in [0.15, 0.2) is 0 Å². The average Bonchev–Trinajstić information content (AvgIpc) is 2.13. The summed E-state index contributed by atoms with van der Waals surface area (Å²) < 4.78 is 5.22. The van der Waals surface area contributed by atoms with Crippen LogP contribution < -0.4 is 0 Å². The highest BCUT2D eigenvalue weighted by molar-refractivity contribution is 6.17. The van der Waals surface area contributed by atoms with Gasteiger partial charge < -0.3 is 4.74 Å². The van der Waals surface area contributed by atoms with E-state index in [1.165, 1.54) is 6.92 Å². The van der Waals surface area contributed by atoms with Gasteiger partial charge in [-0.3, -0.25) is 4.79 Å². The van der Waals surface area contributed by atoms with Gasteiger partial charge in [-0.05, 0) is 25.7 Å². The Hall–Kier alpha value is -0.240. The second kappa shape index (κ2) is 9.32. The van der Waals surface area contributed by atoms with E-state index in [0.717, 1.165) is 38.5 Å². The van der Waals surface area contributed by atoms with Crippen molar-refractivity contribution >= 4 is 17.6 Å². The van der Waals surface area contributed by atoms with Crippen molar-refractivity contribution in [1.29, 1.82) is 0 Å². The number of halogens is 1. The number of unbranched alkanes of at least 4 members (excludes halogenated alkanes) is 2. The molecule has 84 valence electrons. The zero-order chi connectivity index (χ0) is 10.8. The molecule has 1 atom stereocenters. The van der Waals surface area contributed by atoms with Gasteiger partial charge in [0.05, 0.1) is 0 Å². The van der Waals surface area contributed by atoms with E-state index in [1.807, 2.05) is 0 Å². The van der Waals surface area contributed by atoms with Crippen molar-refractivity contribution in [2.45, 2.75) is 58.5 Å². The highest BCUT2D eigenvalue weighted by Gasteiger charge is 2.10. The minimum atomic E-state index is -0.169. The molecule has 0 aromatic rings. The molecule has 0 aromatic carbocycles. The van der Waals surface area contributed by atoms with Gasteiger partial charge in [-0.15, -0.1) is 11.6 Å². The van der Waals surface area contributed by atoms with Gasteiger partial charge in [-0.25, -0.2) is 0 Å². The lowest BCUT2D eigenvalue weighted by Crippen LogP contribution is -2.16. The Balaban J connectivity index is 3.66.